The van der Waals surface area contributed by atoms with Crippen molar-refractivity contribution in [1.29, 1.82) is 0 Å². The molecule has 1 aromatic heterocycles. The first-order valence-electron chi connectivity index (χ1n) is 8.31. The van der Waals surface area contributed by atoms with E-state index in [2.05, 4.69) is 17.2 Å². The maximum Gasteiger partial charge on any atom is 0.238 e. The van der Waals surface area contributed by atoms with Gasteiger partial charge in [-0.2, -0.15) is 0 Å². The quantitative estimate of drug-likeness (QED) is 0.739. The Morgan fingerprint density at radius 3 is 2.54 bits per heavy atom. The first kappa shape index (κ1) is 16.8. The fourth-order valence-corrected chi connectivity index (χ4v) is 3.78. The maximum atomic E-state index is 11.3. The highest BCUT2D eigenvalue weighted by molar-refractivity contribution is 7.89. The summed E-state index contributed by atoms with van der Waals surface area (Å²) < 4.78 is 28.7. The van der Waals surface area contributed by atoms with Crippen LogP contribution in [-0.4, -0.2) is 19.5 Å². The lowest BCUT2D eigenvalue weighted by atomic mass is 10.1. The number of nitrogens with two attached hydrogens (primary N) is 1. The Balaban J connectivity index is 1.70. The Morgan fingerprint density at radius 1 is 1.15 bits per heavy atom. The normalized spacial score (nSPS) is 16.3. The zero-order valence-electron chi connectivity index (χ0n) is 14.5. The number of pyridine rings is 1. The third kappa shape index (κ3) is 3.00. The first-order chi connectivity index (χ1) is 12.3. The summed E-state index contributed by atoms with van der Waals surface area (Å²) in [4.78, 5) is 4.76. The van der Waals surface area contributed by atoms with Crippen LogP contribution >= 0.6 is 0 Å². The fraction of sp³-hybridized carbons (Fsp3) is 0.211. The molecular weight excluding hydrogens is 350 g/mol. The van der Waals surface area contributed by atoms with E-state index >= 15 is 0 Å². The van der Waals surface area contributed by atoms with Crippen LogP contribution in [0.2, 0.25) is 0 Å². The molecule has 26 heavy (non-hydrogen) atoms. The Hall–Kier alpha value is -2.64. The van der Waals surface area contributed by atoms with Crippen LogP contribution in [0.25, 0.3) is 10.9 Å². The molecule has 0 saturated heterocycles. The highest BCUT2D eigenvalue weighted by atomic mass is 32.2. The first-order valence-corrected chi connectivity index (χ1v) is 9.86. The van der Waals surface area contributed by atoms with Crippen molar-refractivity contribution in [3.63, 3.8) is 0 Å². The Bertz CT molecular complexity index is 1110. The van der Waals surface area contributed by atoms with Gasteiger partial charge in [-0.25, -0.2) is 13.6 Å². The summed E-state index contributed by atoms with van der Waals surface area (Å²) in [5.74, 6) is 0.910. The molecule has 0 radical (unpaired) electrons. The summed E-state index contributed by atoms with van der Waals surface area (Å²) in [6.07, 6.45) is 1.02. The SMILES string of the molecule is Cc1nc2ccc(Nc3ccc(S(N)(=O)=O)cc3)cc2c2c1CC(C)O2. The number of benzene rings is 2. The Morgan fingerprint density at radius 2 is 1.85 bits per heavy atom. The molecule has 0 aliphatic carbocycles. The van der Waals surface area contributed by atoms with E-state index in [1.165, 1.54) is 17.7 Å². The molecule has 0 fully saturated rings. The predicted molar refractivity (Wildman–Crippen MR) is 101 cm³/mol. The van der Waals surface area contributed by atoms with Crippen molar-refractivity contribution < 1.29 is 13.2 Å². The van der Waals surface area contributed by atoms with E-state index < -0.39 is 10.0 Å². The van der Waals surface area contributed by atoms with Gasteiger partial charge in [-0.3, -0.25) is 4.98 Å². The van der Waals surface area contributed by atoms with E-state index in [-0.39, 0.29) is 11.0 Å². The number of aromatic nitrogens is 1. The summed E-state index contributed by atoms with van der Waals surface area (Å²) in [5, 5.41) is 9.37. The summed E-state index contributed by atoms with van der Waals surface area (Å²) in [6, 6.07) is 12.2. The molecular formula is C19H19N3O3S. The summed E-state index contributed by atoms with van der Waals surface area (Å²) in [6.45, 7) is 4.07. The number of ether oxygens (including phenoxy) is 1. The smallest absolute Gasteiger partial charge is 0.238 e. The van der Waals surface area contributed by atoms with Gasteiger partial charge in [-0.1, -0.05) is 0 Å². The van der Waals surface area contributed by atoms with E-state index in [9.17, 15) is 8.42 Å². The largest absolute Gasteiger partial charge is 0.489 e. The number of nitrogens with zero attached hydrogens (tertiary/aromatic N) is 1. The number of nitrogens with one attached hydrogen (secondary N) is 1. The average Bonchev–Trinajstić information content (AvgIpc) is 2.98. The lowest BCUT2D eigenvalue weighted by Crippen LogP contribution is -2.11. The third-order valence-electron chi connectivity index (χ3n) is 4.52. The number of hydrogen-bond donors (Lipinski definition) is 2. The molecule has 134 valence electrons. The number of anilines is 2. The molecule has 0 saturated carbocycles. The standard InChI is InChI=1S/C19H19N3O3S/c1-11-9-16-12(2)21-18-8-5-14(10-17(18)19(16)25-11)22-13-3-6-15(7-4-13)26(20,23)24/h3-8,10-11,22H,9H2,1-2H3,(H2,20,23,24). The molecule has 0 spiro atoms. The number of sulfonamides is 1. The molecule has 3 aromatic rings. The van der Waals surface area contributed by atoms with E-state index in [1.54, 1.807) is 12.1 Å². The predicted octanol–water partition coefficient (Wildman–Crippen LogP) is 3.26. The van der Waals surface area contributed by atoms with Crippen molar-refractivity contribution in [2.45, 2.75) is 31.3 Å². The van der Waals surface area contributed by atoms with Crippen molar-refractivity contribution in [3.05, 3.63) is 53.7 Å². The summed E-state index contributed by atoms with van der Waals surface area (Å²) in [7, 11) is -3.69. The van der Waals surface area contributed by atoms with Crippen LogP contribution in [0.3, 0.4) is 0 Å². The second-order valence-corrected chi connectivity index (χ2v) is 8.13. The van der Waals surface area contributed by atoms with Gasteiger partial charge in [-0.05, 0) is 56.3 Å². The van der Waals surface area contributed by atoms with E-state index in [1.807, 2.05) is 25.1 Å². The molecule has 1 atom stereocenters. The van der Waals surface area contributed by atoms with Crippen LogP contribution in [0, 0.1) is 6.92 Å². The molecule has 3 N–H and O–H groups in total. The summed E-state index contributed by atoms with van der Waals surface area (Å²) >= 11 is 0. The molecule has 0 amide bonds. The van der Waals surface area contributed by atoms with Crippen molar-refractivity contribution in [1.82, 2.24) is 4.98 Å². The Kier molecular flexibility index (Phi) is 3.86. The molecule has 1 aliphatic heterocycles. The topological polar surface area (TPSA) is 94.3 Å². The van der Waals surface area contributed by atoms with Crippen LogP contribution in [0.15, 0.2) is 47.4 Å². The number of fused-ring (bicyclic) bond motifs is 3. The van der Waals surface area contributed by atoms with Gasteiger partial charge in [0.2, 0.25) is 10.0 Å². The van der Waals surface area contributed by atoms with Crippen molar-refractivity contribution in [2.75, 3.05) is 5.32 Å². The minimum absolute atomic E-state index is 0.0847. The van der Waals surface area contributed by atoms with Gasteiger partial charge in [0.15, 0.2) is 0 Å². The van der Waals surface area contributed by atoms with Gasteiger partial charge in [0.25, 0.3) is 0 Å². The van der Waals surface area contributed by atoms with Crippen LogP contribution in [0.1, 0.15) is 18.2 Å². The van der Waals surface area contributed by atoms with Gasteiger partial charge in [0.05, 0.1) is 10.4 Å². The highest BCUT2D eigenvalue weighted by Gasteiger charge is 2.24. The van der Waals surface area contributed by atoms with E-state index in [4.69, 9.17) is 9.88 Å². The minimum atomic E-state index is -3.69. The Labute approximate surface area is 152 Å². The lowest BCUT2D eigenvalue weighted by Gasteiger charge is -2.11. The molecule has 0 bridgehead atoms. The van der Waals surface area contributed by atoms with Crippen molar-refractivity contribution >= 4 is 32.3 Å². The summed E-state index contributed by atoms with van der Waals surface area (Å²) in [5.41, 5.74) is 4.71. The lowest BCUT2D eigenvalue weighted by molar-refractivity contribution is 0.257. The van der Waals surface area contributed by atoms with Crippen molar-refractivity contribution in [3.8, 4) is 5.75 Å². The van der Waals surface area contributed by atoms with Gasteiger partial charge >= 0.3 is 0 Å². The molecule has 7 heteroatoms. The molecule has 1 unspecified atom stereocenters. The van der Waals surface area contributed by atoms with E-state index in [0.29, 0.717) is 0 Å². The second kappa shape index (κ2) is 5.96. The number of primary sulfonamides is 1. The zero-order valence-corrected chi connectivity index (χ0v) is 15.3. The van der Waals surface area contributed by atoms with Crippen LogP contribution in [-0.2, 0) is 16.4 Å². The number of aryl methyl sites for hydroxylation is 1. The van der Waals surface area contributed by atoms with Crippen LogP contribution < -0.4 is 15.2 Å². The van der Waals surface area contributed by atoms with Crippen LogP contribution in [0.5, 0.6) is 5.75 Å². The molecule has 1 aliphatic rings. The molecule has 4 rings (SSSR count). The molecule has 2 heterocycles. The molecule has 2 aromatic carbocycles. The number of rotatable bonds is 3. The second-order valence-electron chi connectivity index (χ2n) is 6.56. The molecule has 6 nitrogen and oxygen atoms in total. The van der Waals surface area contributed by atoms with Gasteiger partial charge in [0.1, 0.15) is 11.9 Å². The van der Waals surface area contributed by atoms with Gasteiger partial charge in [-0.15, -0.1) is 0 Å². The highest BCUT2D eigenvalue weighted by Crippen LogP contribution is 2.38. The zero-order chi connectivity index (χ0) is 18.5. The monoisotopic (exact) mass is 369 g/mol. The van der Waals surface area contributed by atoms with Gasteiger partial charge < -0.3 is 10.1 Å². The fourth-order valence-electron chi connectivity index (χ4n) is 3.27. The third-order valence-corrected chi connectivity index (χ3v) is 5.45. The average molecular weight is 369 g/mol. The van der Waals surface area contributed by atoms with Gasteiger partial charge in [0, 0.05) is 34.4 Å². The van der Waals surface area contributed by atoms with Crippen molar-refractivity contribution in [2.24, 2.45) is 5.14 Å². The van der Waals surface area contributed by atoms with E-state index in [0.717, 1.165) is 40.1 Å². The number of hydrogen-bond acceptors (Lipinski definition) is 5. The minimum Gasteiger partial charge on any atom is -0.489 e. The maximum absolute atomic E-state index is 11.3. The van der Waals surface area contributed by atoms with Crippen LogP contribution in [0.4, 0.5) is 11.4 Å².